The summed E-state index contributed by atoms with van der Waals surface area (Å²) in [6.07, 6.45) is 4.78. The van der Waals surface area contributed by atoms with Gasteiger partial charge in [0.25, 0.3) is 11.4 Å². The van der Waals surface area contributed by atoms with Crippen LogP contribution in [0.2, 0.25) is 0 Å². The average molecular weight is 352 g/mol. The van der Waals surface area contributed by atoms with Crippen molar-refractivity contribution in [2.45, 2.75) is 18.8 Å². The van der Waals surface area contributed by atoms with Crippen molar-refractivity contribution in [3.8, 4) is 0 Å². The van der Waals surface area contributed by atoms with Gasteiger partial charge in [0, 0.05) is 42.1 Å². The summed E-state index contributed by atoms with van der Waals surface area (Å²) in [5, 5.41) is 21.6. The van der Waals surface area contributed by atoms with Gasteiger partial charge in [0.05, 0.1) is 16.2 Å². The van der Waals surface area contributed by atoms with Crippen LogP contribution in [0.25, 0.3) is 0 Å². The van der Waals surface area contributed by atoms with E-state index in [0.717, 1.165) is 23.2 Å². The number of nitro groups is 2. The summed E-state index contributed by atoms with van der Waals surface area (Å²) in [6, 6.07) is 13.0. The van der Waals surface area contributed by atoms with Gasteiger partial charge in [-0.3, -0.25) is 20.2 Å². The molecular weight excluding hydrogens is 336 g/mol. The maximum atomic E-state index is 10.8. The Morgan fingerprint density at radius 3 is 2.00 bits per heavy atom. The van der Waals surface area contributed by atoms with Gasteiger partial charge in [-0.2, -0.15) is 0 Å². The van der Waals surface area contributed by atoms with Gasteiger partial charge in [0.15, 0.2) is 0 Å². The molecule has 1 aromatic heterocycles. The largest absolute Gasteiger partial charge is 0.348 e. The minimum atomic E-state index is -0.425. The normalized spacial score (nSPS) is 11.8. The van der Waals surface area contributed by atoms with Crippen molar-refractivity contribution >= 4 is 11.4 Å². The maximum absolute atomic E-state index is 10.8. The Balaban J connectivity index is 1.79. The minimum Gasteiger partial charge on any atom is -0.348 e. The molecule has 132 valence electrons. The lowest BCUT2D eigenvalue weighted by atomic mass is 9.90. The van der Waals surface area contributed by atoms with Gasteiger partial charge in [-0.1, -0.05) is 24.3 Å². The molecule has 0 aliphatic heterocycles. The second kappa shape index (κ2) is 7.56. The molecule has 1 N–H and O–H groups in total. The Labute approximate surface area is 148 Å². The molecule has 0 saturated carbocycles. The molecule has 1 atom stereocenters. The van der Waals surface area contributed by atoms with Gasteiger partial charge in [-0.25, -0.2) is 4.98 Å². The second-order valence-corrected chi connectivity index (χ2v) is 5.87. The Morgan fingerprint density at radius 1 is 0.923 bits per heavy atom. The molecule has 8 nitrogen and oxygen atoms in total. The van der Waals surface area contributed by atoms with E-state index in [1.165, 1.54) is 24.3 Å². The number of hydrogen-bond acceptors (Lipinski definition) is 5. The molecule has 0 amide bonds. The van der Waals surface area contributed by atoms with E-state index in [9.17, 15) is 20.2 Å². The number of rotatable bonds is 7. The lowest BCUT2D eigenvalue weighted by Gasteiger charge is -2.16. The van der Waals surface area contributed by atoms with E-state index in [1.54, 1.807) is 36.8 Å². The number of benzene rings is 2. The van der Waals surface area contributed by atoms with Gasteiger partial charge >= 0.3 is 0 Å². The Kier molecular flexibility index (Phi) is 5.02. The minimum absolute atomic E-state index is 0.00602. The molecule has 0 radical (unpaired) electrons. The van der Waals surface area contributed by atoms with Crippen molar-refractivity contribution in [1.29, 1.82) is 0 Å². The zero-order chi connectivity index (χ0) is 18.5. The van der Waals surface area contributed by atoms with Crippen molar-refractivity contribution in [2.24, 2.45) is 0 Å². The van der Waals surface area contributed by atoms with Crippen LogP contribution in [-0.2, 0) is 6.42 Å². The van der Waals surface area contributed by atoms with Gasteiger partial charge in [0.1, 0.15) is 0 Å². The zero-order valence-corrected chi connectivity index (χ0v) is 13.7. The van der Waals surface area contributed by atoms with Crippen molar-refractivity contribution in [3.63, 3.8) is 0 Å². The quantitative estimate of drug-likeness (QED) is 0.510. The highest BCUT2D eigenvalue weighted by Gasteiger charge is 2.17. The number of aromatic nitrogens is 2. The summed E-state index contributed by atoms with van der Waals surface area (Å²) in [6.45, 7) is 0. The van der Waals surface area contributed by atoms with Crippen LogP contribution < -0.4 is 0 Å². The molecule has 26 heavy (non-hydrogen) atoms. The Hall–Kier alpha value is -3.55. The lowest BCUT2D eigenvalue weighted by Crippen LogP contribution is -2.04. The third-order valence-electron chi connectivity index (χ3n) is 4.27. The van der Waals surface area contributed by atoms with E-state index in [-0.39, 0.29) is 17.3 Å². The van der Waals surface area contributed by atoms with Crippen LogP contribution >= 0.6 is 0 Å². The van der Waals surface area contributed by atoms with Crippen molar-refractivity contribution < 1.29 is 9.85 Å². The predicted molar refractivity (Wildman–Crippen MR) is 94.9 cm³/mol. The molecule has 3 rings (SSSR count). The predicted octanol–water partition coefficient (Wildman–Crippen LogP) is 3.99. The molecule has 1 unspecified atom stereocenters. The molecule has 8 heteroatoms. The first-order valence-electron chi connectivity index (χ1n) is 8.00. The number of aromatic amines is 1. The Morgan fingerprint density at radius 2 is 1.50 bits per heavy atom. The van der Waals surface area contributed by atoms with Crippen LogP contribution in [-0.4, -0.2) is 19.8 Å². The first-order valence-corrected chi connectivity index (χ1v) is 8.00. The first-order chi connectivity index (χ1) is 12.5. The summed E-state index contributed by atoms with van der Waals surface area (Å²) in [4.78, 5) is 27.9. The number of nitrogens with zero attached hydrogens (tertiary/aromatic N) is 3. The molecule has 2 aromatic carbocycles. The second-order valence-electron chi connectivity index (χ2n) is 5.87. The molecule has 0 bridgehead atoms. The van der Waals surface area contributed by atoms with Crippen molar-refractivity contribution in [1.82, 2.24) is 9.97 Å². The van der Waals surface area contributed by atoms with Crippen LogP contribution in [0, 0.1) is 20.2 Å². The van der Waals surface area contributed by atoms with E-state index in [1.807, 2.05) is 0 Å². The smallest absolute Gasteiger partial charge is 0.269 e. The molecule has 0 aliphatic carbocycles. The first kappa shape index (κ1) is 17.3. The lowest BCUT2D eigenvalue weighted by molar-refractivity contribution is -0.385. The molecule has 0 spiro atoms. The van der Waals surface area contributed by atoms with E-state index in [2.05, 4.69) is 9.97 Å². The van der Waals surface area contributed by atoms with Crippen LogP contribution in [0.3, 0.4) is 0 Å². The van der Waals surface area contributed by atoms with Crippen LogP contribution in [0.4, 0.5) is 11.4 Å². The third kappa shape index (κ3) is 3.92. The number of imidazole rings is 1. The molecule has 0 saturated heterocycles. The molecule has 0 fully saturated rings. The van der Waals surface area contributed by atoms with Crippen molar-refractivity contribution in [3.05, 3.63) is 98.1 Å². The standard InChI is InChI=1S/C18H16N4O4/c23-21(24)15-6-1-13(2-7-15)3-10-17(18-11-19-12-20-18)14-4-8-16(9-5-14)22(25)26/h1-2,4-9,11-12,17H,3,10H2,(H,19,20). The number of nitrogens with one attached hydrogen (secondary N) is 1. The van der Waals surface area contributed by atoms with Gasteiger partial charge in [0.2, 0.25) is 0 Å². The summed E-state index contributed by atoms with van der Waals surface area (Å²) < 4.78 is 0. The molecule has 1 heterocycles. The van der Waals surface area contributed by atoms with Crippen LogP contribution in [0.5, 0.6) is 0 Å². The highest BCUT2D eigenvalue weighted by molar-refractivity contribution is 5.37. The van der Waals surface area contributed by atoms with Crippen LogP contribution in [0.15, 0.2) is 61.1 Å². The number of nitro benzene ring substituents is 2. The summed E-state index contributed by atoms with van der Waals surface area (Å²) >= 11 is 0. The van der Waals surface area contributed by atoms with Crippen molar-refractivity contribution in [2.75, 3.05) is 0 Å². The summed E-state index contributed by atoms with van der Waals surface area (Å²) in [5.41, 5.74) is 2.96. The molecular formula is C18H16N4O4. The van der Waals surface area contributed by atoms with E-state index in [0.29, 0.717) is 6.42 Å². The SMILES string of the molecule is O=[N+]([O-])c1ccc(CCC(c2ccc([N+](=O)[O-])cc2)c2cnc[nH]2)cc1. The fraction of sp³-hybridized carbons (Fsp3) is 0.167. The van der Waals surface area contributed by atoms with E-state index >= 15 is 0 Å². The molecule has 3 aromatic rings. The third-order valence-corrected chi connectivity index (χ3v) is 4.27. The zero-order valence-electron chi connectivity index (χ0n) is 13.7. The number of hydrogen-bond donors (Lipinski definition) is 1. The fourth-order valence-corrected chi connectivity index (χ4v) is 2.88. The summed E-state index contributed by atoms with van der Waals surface area (Å²) in [5.74, 6) is -0.00602. The number of aryl methyl sites for hydroxylation is 1. The topological polar surface area (TPSA) is 115 Å². The molecule has 0 aliphatic rings. The highest BCUT2D eigenvalue weighted by atomic mass is 16.6. The number of H-pyrrole nitrogens is 1. The summed E-state index contributed by atoms with van der Waals surface area (Å²) in [7, 11) is 0. The van der Waals surface area contributed by atoms with Crippen LogP contribution in [0.1, 0.15) is 29.2 Å². The van der Waals surface area contributed by atoms with E-state index < -0.39 is 9.85 Å². The number of non-ortho nitro benzene ring substituents is 2. The monoisotopic (exact) mass is 352 g/mol. The fourth-order valence-electron chi connectivity index (χ4n) is 2.88. The Bertz CT molecular complexity index is 890. The van der Waals surface area contributed by atoms with E-state index in [4.69, 9.17) is 0 Å². The van der Waals surface area contributed by atoms with Gasteiger partial charge < -0.3 is 4.98 Å². The van der Waals surface area contributed by atoms with Gasteiger partial charge in [-0.05, 0) is 24.0 Å². The van der Waals surface area contributed by atoms with Gasteiger partial charge in [-0.15, -0.1) is 0 Å². The maximum Gasteiger partial charge on any atom is 0.269 e. The highest BCUT2D eigenvalue weighted by Crippen LogP contribution is 2.29. The average Bonchev–Trinajstić information content (AvgIpc) is 3.17.